The molecule has 1 N–H and O–H groups in total. The van der Waals surface area contributed by atoms with Crippen LogP contribution < -0.4 is 5.32 Å². The topological polar surface area (TPSA) is 86.6 Å². The van der Waals surface area contributed by atoms with Gasteiger partial charge in [0, 0.05) is 27.9 Å². The van der Waals surface area contributed by atoms with Gasteiger partial charge >= 0.3 is 6.18 Å². The van der Waals surface area contributed by atoms with Crippen molar-refractivity contribution in [2.24, 2.45) is 0 Å². The van der Waals surface area contributed by atoms with Crippen LogP contribution in [0.1, 0.15) is 43.1 Å². The van der Waals surface area contributed by atoms with Crippen molar-refractivity contribution in [3.63, 3.8) is 0 Å². The van der Waals surface area contributed by atoms with Crippen LogP contribution in [0.2, 0.25) is 0 Å². The third-order valence-electron chi connectivity index (χ3n) is 6.26. The molecule has 2 aliphatic heterocycles. The maximum atomic E-state index is 13.4. The lowest BCUT2D eigenvalue weighted by Crippen LogP contribution is -2.42. The minimum Gasteiger partial charge on any atom is -0.383 e. The first kappa shape index (κ1) is 23.2. The van der Waals surface area contributed by atoms with Gasteiger partial charge in [0.25, 0.3) is 0 Å². The molecule has 0 spiro atoms. The molecule has 8 nitrogen and oxygen atoms in total. The van der Waals surface area contributed by atoms with Gasteiger partial charge in [0.15, 0.2) is 5.72 Å². The van der Waals surface area contributed by atoms with Crippen LogP contribution in [0.25, 0.3) is 11.0 Å². The van der Waals surface area contributed by atoms with E-state index in [1.165, 1.54) is 6.07 Å². The summed E-state index contributed by atoms with van der Waals surface area (Å²) in [4.78, 5) is 13.5. The van der Waals surface area contributed by atoms with E-state index < -0.39 is 23.5 Å². The number of rotatable bonds is 8. The highest BCUT2D eigenvalue weighted by Gasteiger charge is 2.52. The molecule has 3 atom stereocenters. The van der Waals surface area contributed by atoms with E-state index in [1.807, 2.05) is 11.5 Å². The number of hydrogen-bond acceptors (Lipinski definition) is 7. The predicted octanol–water partition coefficient (Wildman–Crippen LogP) is 3.74. The second-order valence-corrected chi connectivity index (χ2v) is 8.65. The Hall–Kier alpha value is -2.60. The zero-order valence-corrected chi connectivity index (χ0v) is 18.9. The number of methoxy groups -OCH3 is 1. The summed E-state index contributed by atoms with van der Waals surface area (Å²) in [6.07, 6.45) is 0.345. The smallest absolute Gasteiger partial charge is 0.383 e. The van der Waals surface area contributed by atoms with Crippen molar-refractivity contribution >= 4 is 11.0 Å². The molecule has 2 aromatic heterocycles. The fourth-order valence-corrected chi connectivity index (χ4v) is 4.40. The summed E-state index contributed by atoms with van der Waals surface area (Å²) in [5.74, 6) is 0.577. The van der Waals surface area contributed by atoms with E-state index in [0.717, 1.165) is 30.7 Å². The first-order valence-electron chi connectivity index (χ1n) is 11.2. The molecule has 3 unspecified atom stereocenters. The second kappa shape index (κ2) is 8.88. The summed E-state index contributed by atoms with van der Waals surface area (Å²) in [5, 5.41) is 3.52. The highest BCUT2D eigenvalue weighted by molar-refractivity contribution is 5.77. The Morgan fingerprint density at radius 1 is 1.32 bits per heavy atom. The minimum atomic E-state index is -4.45. The molecule has 5 rings (SSSR count). The van der Waals surface area contributed by atoms with Crippen LogP contribution in [0.4, 0.5) is 13.2 Å². The molecule has 34 heavy (non-hydrogen) atoms. The van der Waals surface area contributed by atoms with Crippen LogP contribution in [0.15, 0.2) is 30.6 Å². The largest absolute Gasteiger partial charge is 0.416 e. The van der Waals surface area contributed by atoms with Gasteiger partial charge in [-0.2, -0.15) is 13.2 Å². The zero-order valence-electron chi connectivity index (χ0n) is 18.9. The van der Waals surface area contributed by atoms with Crippen molar-refractivity contribution in [1.29, 1.82) is 0 Å². The van der Waals surface area contributed by atoms with E-state index in [4.69, 9.17) is 14.2 Å². The second-order valence-electron chi connectivity index (χ2n) is 8.65. The number of ether oxygens (including phenoxy) is 3. The maximum Gasteiger partial charge on any atom is 0.416 e. The zero-order chi connectivity index (χ0) is 23.9. The molecule has 1 aromatic carbocycles. The van der Waals surface area contributed by atoms with Gasteiger partial charge in [-0.15, -0.1) is 0 Å². The van der Waals surface area contributed by atoms with Crippen molar-refractivity contribution < 1.29 is 28.8 Å². The molecule has 0 aliphatic carbocycles. The quantitative estimate of drug-likeness (QED) is 0.493. The highest BCUT2D eigenvalue weighted by atomic mass is 19.4. The lowest BCUT2D eigenvalue weighted by Gasteiger charge is -2.28. The number of epoxide rings is 1. The predicted molar refractivity (Wildman–Crippen MR) is 118 cm³/mol. The fraction of sp³-hybridized carbons (Fsp3) is 0.522. The van der Waals surface area contributed by atoms with E-state index in [-0.39, 0.29) is 13.0 Å². The Morgan fingerprint density at radius 2 is 2.15 bits per heavy atom. The molecule has 0 amide bonds. The van der Waals surface area contributed by atoms with Gasteiger partial charge in [-0.3, -0.25) is 15.3 Å². The monoisotopic (exact) mass is 479 g/mol. The van der Waals surface area contributed by atoms with Crippen LogP contribution >= 0.6 is 0 Å². The molecule has 0 saturated carbocycles. The SMILES string of the molecule is COCCn1c(C(NC2(c3cnc(C)cn3)CO2)C2CCCO2)nc2cc(C(F)(F)F)ccc21.[HH]. The summed E-state index contributed by atoms with van der Waals surface area (Å²) in [5.41, 5.74) is 0.717. The molecule has 2 fully saturated rings. The van der Waals surface area contributed by atoms with Gasteiger partial charge in [0.05, 0.1) is 53.8 Å². The molecule has 0 bridgehead atoms. The number of hydrogen-bond donors (Lipinski definition) is 1. The number of halogens is 3. The van der Waals surface area contributed by atoms with E-state index in [9.17, 15) is 13.2 Å². The van der Waals surface area contributed by atoms with E-state index in [1.54, 1.807) is 19.5 Å². The van der Waals surface area contributed by atoms with Gasteiger partial charge in [-0.25, -0.2) is 4.98 Å². The normalized spacial score (nSPS) is 23.5. The Morgan fingerprint density at radius 3 is 2.76 bits per heavy atom. The summed E-state index contributed by atoms with van der Waals surface area (Å²) < 4.78 is 59.1. The summed E-state index contributed by atoms with van der Waals surface area (Å²) >= 11 is 0. The third-order valence-corrected chi connectivity index (χ3v) is 6.26. The molecular weight excluding hydrogens is 451 g/mol. The van der Waals surface area contributed by atoms with Crippen molar-refractivity contribution in [3.05, 3.63) is 53.4 Å². The van der Waals surface area contributed by atoms with Crippen LogP contribution in [0.3, 0.4) is 0 Å². The molecule has 2 saturated heterocycles. The number of aromatic nitrogens is 4. The number of benzene rings is 1. The standard InChI is InChI=1S/C23H26F3N5O3.H2/c1-14-11-28-19(12-27-14)22(13-34-22)30-20(18-4-3-8-33-18)21-29-16-10-15(23(24,25)26)5-6-17(16)31(21)7-9-32-2;/h5-6,10-12,18,20,30H,3-4,7-9,13H2,1-2H3;1H. The molecule has 11 heteroatoms. The maximum absolute atomic E-state index is 13.4. The first-order chi connectivity index (χ1) is 16.3. The van der Waals surface area contributed by atoms with Gasteiger partial charge in [0.2, 0.25) is 0 Å². The number of fused-ring (bicyclic) bond motifs is 1. The van der Waals surface area contributed by atoms with E-state index >= 15 is 0 Å². The van der Waals surface area contributed by atoms with Crippen molar-refractivity contribution in [2.45, 2.75) is 50.4 Å². The molecular formula is C23H28F3N5O3. The Labute approximate surface area is 195 Å². The average molecular weight is 480 g/mol. The highest BCUT2D eigenvalue weighted by Crippen LogP contribution is 2.40. The lowest BCUT2D eigenvalue weighted by atomic mass is 10.0. The van der Waals surface area contributed by atoms with Crippen LogP contribution in [-0.4, -0.2) is 52.6 Å². The third kappa shape index (κ3) is 4.40. The Kier molecular flexibility index (Phi) is 6.05. The van der Waals surface area contributed by atoms with Gasteiger partial charge in [-0.05, 0) is 38.0 Å². The number of imidazole rings is 1. The van der Waals surface area contributed by atoms with Crippen molar-refractivity contribution in [2.75, 3.05) is 26.9 Å². The van der Waals surface area contributed by atoms with Crippen molar-refractivity contribution in [3.8, 4) is 0 Å². The van der Waals surface area contributed by atoms with Crippen LogP contribution in [0.5, 0.6) is 0 Å². The number of aryl methyl sites for hydroxylation is 1. The Bertz CT molecular complexity index is 1160. The van der Waals surface area contributed by atoms with Gasteiger partial charge in [-0.1, -0.05) is 0 Å². The number of nitrogens with one attached hydrogen (secondary N) is 1. The average Bonchev–Trinajstić information content (AvgIpc) is 3.24. The van der Waals surface area contributed by atoms with Crippen molar-refractivity contribution in [1.82, 2.24) is 24.8 Å². The molecule has 2 aliphatic rings. The summed E-state index contributed by atoms with van der Waals surface area (Å²) in [7, 11) is 1.58. The van der Waals surface area contributed by atoms with Crippen LogP contribution in [0, 0.1) is 6.92 Å². The summed E-state index contributed by atoms with van der Waals surface area (Å²) in [6.45, 7) is 3.66. The number of alkyl halides is 3. The van der Waals surface area contributed by atoms with Crippen LogP contribution in [-0.2, 0) is 32.7 Å². The summed E-state index contributed by atoms with van der Waals surface area (Å²) in [6, 6.07) is 3.19. The van der Waals surface area contributed by atoms with E-state index in [0.29, 0.717) is 43.4 Å². The lowest BCUT2D eigenvalue weighted by molar-refractivity contribution is -0.137. The molecule has 0 radical (unpaired) electrons. The molecule has 184 valence electrons. The fourth-order valence-electron chi connectivity index (χ4n) is 4.40. The van der Waals surface area contributed by atoms with E-state index in [2.05, 4.69) is 20.3 Å². The Balaban J connectivity index is 0.00000289. The number of nitrogens with zero attached hydrogens (tertiary/aromatic N) is 4. The minimum absolute atomic E-state index is 0. The van der Waals surface area contributed by atoms with Gasteiger partial charge in [0.1, 0.15) is 11.5 Å². The first-order valence-corrected chi connectivity index (χ1v) is 11.2. The van der Waals surface area contributed by atoms with Gasteiger partial charge < -0.3 is 18.8 Å². The molecule has 3 aromatic rings. The molecule has 4 heterocycles.